The van der Waals surface area contributed by atoms with E-state index in [2.05, 4.69) is 24.4 Å². The fourth-order valence-corrected chi connectivity index (χ4v) is 1.61. The highest BCUT2D eigenvalue weighted by molar-refractivity contribution is 5.49. The lowest BCUT2D eigenvalue weighted by atomic mass is 10.2. The van der Waals surface area contributed by atoms with Gasteiger partial charge in [0, 0.05) is 7.05 Å². The Bertz CT molecular complexity index is 377. The number of ether oxygens (including phenoxy) is 1. The Morgan fingerprint density at radius 2 is 2.06 bits per heavy atom. The molecule has 0 bridgehead atoms. The second-order valence-corrected chi connectivity index (χ2v) is 4.12. The van der Waals surface area contributed by atoms with Gasteiger partial charge in [0.2, 0.25) is 0 Å². The minimum Gasteiger partial charge on any atom is -0.490 e. The zero-order chi connectivity index (χ0) is 13.2. The molecule has 18 heavy (non-hydrogen) atoms. The molecule has 0 spiro atoms. The molecule has 0 saturated carbocycles. The molecule has 0 amide bonds. The molecular weight excluding hydrogens is 229 g/mol. The lowest BCUT2D eigenvalue weighted by Gasteiger charge is -2.08. The number of allylic oxidation sites excluding steroid dienone is 1. The smallest absolute Gasteiger partial charge is 0.188 e. The molecule has 1 aromatic carbocycles. The van der Waals surface area contributed by atoms with Crippen LogP contribution >= 0.6 is 0 Å². The Morgan fingerprint density at radius 1 is 1.28 bits per heavy atom. The van der Waals surface area contributed by atoms with E-state index in [0.29, 0.717) is 18.0 Å². The quantitative estimate of drug-likeness (QED) is 0.546. The van der Waals surface area contributed by atoms with Crippen molar-refractivity contribution in [1.29, 1.82) is 0 Å². The number of rotatable bonds is 8. The van der Waals surface area contributed by atoms with Crippen LogP contribution < -0.4 is 10.1 Å². The second-order valence-electron chi connectivity index (χ2n) is 4.12. The molecule has 100 valence electrons. The van der Waals surface area contributed by atoms with Gasteiger partial charge < -0.3 is 10.1 Å². The molecule has 0 aliphatic heterocycles. The molecule has 1 aromatic rings. The third-order valence-electron chi connectivity index (χ3n) is 2.67. The highest BCUT2D eigenvalue weighted by Gasteiger charge is 2.06. The first kappa shape index (κ1) is 14.6. The van der Waals surface area contributed by atoms with Crippen molar-refractivity contribution < 1.29 is 9.13 Å². The average Bonchev–Trinajstić information content (AvgIpc) is 2.39. The molecule has 0 radical (unpaired) electrons. The van der Waals surface area contributed by atoms with Gasteiger partial charge in [-0.1, -0.05) is 38.0 Å². The van der Waals surface area contributed by atoms with Crippen LogP contribution in [0.2, 0.25) is 0 Å². The summed E-state index contributed by atoms with van der Waals surface area (Å²) in [5.41, 5.74) is 0.464. The maximum absolute atomic E-state index is 13.7. The summed E-state index contributed by atoms with van der Waals surface area (Å²) in [6.07, 6.45) is 8.61. The van der Waals surface area contributed by atoms with Crippen molar-refractivity contribution >= 4 is 5.69 Å². The van der Waals surface area contributed by atoms with E-state index in [9.17, 15) is 4.39 Å². The predicted molar refractivity (Wildman–Crippen MR) is 74.7 cm³/mol. The van der Waals surface area contributed by atoms with E-state index in [0.717, 1.165) is 12.8 Å². The molecule has 0 heterocycles. The second kappa shape index (κ2) is 8.56. The predicted octanol–water partition coefficient (Wildman–Crippen LogP) is 4.38. The van der Waals surface area contributed by atoms with Gasteiger partial charge in [0.1, 0.15) is 0 Å². The highest BCUT2D eigenvalue weighted by Crippen LogP contribution is 2.23. The van der Waals surface area contributed by atoms with E-state index >= 15 is 0 Å². The topological polar surface area (TPSA) is 21.3 Å². The van der Waals surface area contributed by atoms with Crippen molar-refractivity contribution in [3.8, 4) is 5.75 Å². The Labute approximate surface area is 109 Å². The van der Waals surface area contributed by atoms with E-state index in [-0.39, 0.29) is 5.82 Å². The molecule has 3 heteroatoms. The summed E-state index contributed by atoms with van der Waals surface area (Å²) in [5.74, 6) is -0.0150. The molecule has 0 aromatic heterocycles. The number of benzene rings is 1. The van der Waals surface area contributed by atoms with Crippen molar-refractivity contribution in [2.24, 2.45) is 0 Å². The molecule has 0 atom stereocenters. The van der Waals surface area contributed by atoms with Crippen LogP contribution in [0.25, 0.3) is 0 Å². The number of halogens is 1. The van der Waals surface area contributed by atoms with E-state index < -0.39 is 0 Å². The largest absolute Gasteiger partial charge is 0.490 e. The summed E-state index contributed by atoms with van der Waals surface area (Å²) >= 11 is 0. The van der Waals surface area contributed by atoms with Crippen molar-refractivity contribution in [1.82, 2.24) is 0 Å². The Kier molecular flexibility index (Phi) is 6.92. The van der Waals surface area contributed by atoms with E-state index in [1.807, 2.05) is 0 Å². The minimum absolute atomic E-state index is 0.309. The number of unbranched alkanes of at least 4 members (excludes halogenated alkanes) is 2. The van der Waals surface area contributed by atoms with Crippen LogP contribution in [0, 0.1) is 5.82 Å². The first-order valence-electron chi connectivity index (χ1n) is 6.53. The van der Waals surface area contributed by atoms with Gasteiger partial charge in [0.05, 0.1) is 12.3 Å². The van der Waals surface area contributed by atoms with Gasteiger partial charge >= 0.3 is 0 Å². The standard InChI is InChI=1S/C15H22FNO/c1-3-4-5-6-7-8-12-18-14-11-9-10-13(17-2)15(14)16/h6-7,9-11,17H,3-5,8,12H2,1-2H3. The summed E-state index contributed by atoms with van der Waals surface area (Å²) in [7, 11) is 1.69. The van der Waals surface area contributed by atoms with Crippen LogP contribution in [-0.4, -0.2) is 13.7 Å². The summed E-state index contributed by atoms with van der Waals surface area (Å²) in [5, 5.41) is 2.79. The molecule has 0 aliphatic carbocycles. The molecule has 0 aliphatic rings. The normalized spacial score (nSPS) is 10.8. The van der Waals surface area contributed by atoms with Crippen LogP contribution in [0.5, 0.6) is 5.75 Å². The SMILES string of the molecule is CCCCC=CCCOc1cccc(NC)c1F. The van der Waals surface area contributed by atoms with Gasteiger partial charge in [-0.05, 0) is 25.0 Å². The van der Waals surface area contributed by atoms with Crippen molar-refractivity contribution in [3.05, 3.63) is 36.2 Å². The van der Waals surface area contributed by atoms with Crippen LogP contribution in [0.15, 0.2) is 30.4 Å². The first-order valence-corrected chi connectivity index (χ1v) is 6.53. The lowest BCUT2D eigenvalue weighted by Crippen LogP contribution is -2.00. The third kappa shape index (κ3) is 4.78. The van der Waals surface area contributed by atoms with Crippen LogP contribution in [-0.2, 0) is 0 Å². The van der Waals surface area contributed by atoms with Crippen molar-refractivity contribution in [2.45, 2.75) is 32.6 Å². The zero-order valence-corrected chi connectivity index (χ0v) is 11.2. The summed E-state index contributed by atoms with van der Waals surface area (Å²) < 4.78 is 19.2. The minimum atomic E-state index is -0.324. The highest BCUT2D eigenvalue weighted by atomic mass is 19.1. The van der Waals surface area contributed by atoms with E-state index in [1.165, 1.54) is 12.8 Å². The molecule has 0 fully saturated rings. The number of hydrogen-bond donors (Lipinski definition) is 1. The van der Waals surface area contributed by atoms with Gasteiger partial charge in [0.15, 0.2) is 11.6 Å². The summed E-state index contributed by atoms with van der Waals surface area (Å²) in [6.45, 7) is 2.68. The zero-order valence-electron chi connectivity index (χ0n) is 11.2. The third-order valence-corrected chi connectivity index (χ3v) is 2.67. The Morgan fingerprint density at radius 3 is 2.78 bits per heavy atom. The summed E-state index contributed by atoms with van der Waals surface area (Å²) in [4.78, 5) is 0. The van der Waals surface area contributed by atoms with E-state index in [1.54, 1.807) is 25.2 Å². The molecule has 1 N–H and O–H groups in total. The molecule has 1 rings (SSSR count). The molecule has 0 saturated heterocycles. The van der Waals surface area contributed by atoms with Gasteiger partial charge in [0.25, 0.3) is 0 Å². The van der Waals surface area contributed by atoms with Crippen LogP contribution in [0.4, 0.5) is 10.1 Å². The maximum Gasteiger partial charge on any atom is 0.188 e. The van der Waals surface area contributed by atoms with Crippen molar-refractivity contribution in [3.63, 3.8) is 0 Å². The van der Waals surface area contributed by atoms with Gasteiger partial charge in [-0.2, -0.15) is 0 Å². The van der Waals surface area contributed by atoms with Gasteiger partial charge in [-0.3, -0.25) is 0 Å². The number of hydrogen-bond acceptors (Lipinski definition) is 2. The lowest BCUT2D eigenvalue weighted by molar-refractivity contribution is 0.308. The first-order chi connectivity index (χ1) is 8.79. The van der Waals surface area contributed by atoms with Gasteiger partial charge in [-0.15, -0.1) is 0 Å². The maximum atomic E-state index is 13.7. The molecule has 2 nitrogen and oxygen atoms in total. The average molecular weight is 251 g/mol. The molecule has 0 unspecified atom stereocenters. The van der Waals surface area contributed by atoms with Crippen LogP contribution in [0.3, 0.4) is 0 Å². The van der Waals surface area contributed by atoms with Crippen LogP contribution in [0.1, 0.15) is 32.6 Å². The van der Waals surface area contributed by atoms with Crippen molar-refractivity contribution in [2.75, 3.05) is 19.0 Å². The fraction of sp³-hybridized carbons (Fsp3) is 0.467. The molecular formula is C15H22FNO. The Balaban J connectivity index is 2.33. The number of anilines is 1. The number of nitrogens with one attached hydrogen (secondary N) is 1. The van der Waals surface area contributed by atoms with E-state index in [4.69, 9.17) is 4.74 Å². The monoisotopic (exact) mass is 251 g/mol. The fourth-order valence-electron chi connectivity index (χ4n) is 1.61. The Hall–Kier alpha value is -1.51. The van der Waals surface area contributed by atoms with Gasteiger partial charge in [-0.25, -0.2) is 4.39 Å². The summed E-state index contributed by atoms with van der Waals surface area (Å²) in [6, 6.07) is 5.12.